The molecule has 0 radical (unpaired) electrons. The zero-order chi connectivity index (χ0) is 15.1. The molecule has 0 unspecified atom stereocenters. The Kier molecular flexibility index (Phi) is 7.17. The highest BCUT2D eigenvalue weighted by Gasteiger charge is 2.17. The number of ether oxygens (including phenoxy) is 1. The zero-order valence-corrected chi connectivity index (χ0v) is 14.8. The Balaban J connectivity index is 1.80. The van der Waals surface area contributed by atoms with Crippen LogP contribution >= 0.6 is 15.9 Å². The van der Waals surface area contributed by atoms with Gasteiger partial charge in [-0.3, -0.25) is 0 Å². The number of hydrogen-bond acceptors (Lipinski definition) is 3. The first kappa shape index (κ1) is 16.9. The molecule has 21 heavy (non-hydrogen) atoms. The van der Waals surface area contributed by atoms with Gasteiger partial charge in [0.15, 0.2) is 0 Å². The van der Waals surface area contributed by atoms with Crippen molar-refractivity contribution in [3.8, 4) is 0 Å². The fourth-order valence-electron chi connectivity index (χ4n) is 2.59. The average molecular weight is 355 g/mol. The van der Waals surface area contributed by atoms with Gasteiger partial charge in [0.1, 0.15) is 0 Å². The van der Waals surface area contributed by atoms with Gasteiger partial charge in [-0.15, -0.1) is 0 Å². The molecule has 0 spiro atoms. The first-order valence-electron chi connectivity index (χ1n) is 7.97. The van der Waals surface area contributed by atoms with E-state index >= 15 is 0 Å². The highest BCUT2D eigenvalue weighted by atomic mass is 79.9. The lowest BCUT2D eigenvalue weighted by Crippen LogP contribution is -2.34. The van der Waals surface area contributed by atoms with Gasteiger partial charge in [0.2, 0.25) is 0 Å². The molecule has 1 N–H and O–H groups in total. The van der Waals surface area contributed by atoms with Gasteiger partial charge in [-0.25, -0.2) is 0 Å². The highest BCUT2D eigenvalue weighted by Crippen LogP contribution is 2.22. The molecule has 1 fully saturated rings. The molecule has 1 aliphatic rings. The fourth-order valence-corrected chi connectivity index (χ4v) is 3.13. The molecule has 0 aliphatic carbocycles. The maximum Gasteiger partial charge on any atom is 0.0731 e. The maximum atomic E-state index is 6.06. The minimum Gasteiger partial charge on any atom is -0.373 e. The Morgan fingerprint density at radius 1 is 1.33 bits per heavy atom. The molecule has 1 aliphatic heterocycles. The lowest BCUT2D eigenvalue weighted by atomic mass is 10.1. The zero-order valence-electron chi connectivity index (χ0n) is 13.2. The molecule has 1 aromatic rings. The van der Waals surface area contributed by atoms with Crippen molar-refractivity contribution >= 4 is 15.9 Å². The van der Waals surface area contributed by atoms with Crippen LogP contribution in [0.5, 0.6) is 0 Å². The molecular formula is C17H27BrN2O. The van der Waals surface area contributed by atoms with Gasteiger partial charge in [-0.05, 0) is 50.0 Å². The second-order valence-electron chi connectivity index (χ2n) is 5.92. The predicted molar refractivity (Wildman–Crippen MR) is 91.4 cm³/mol. The smallest absolute Gasteiger partial charge is 0.0731 e. The number of halogens is 1. The average Bonchev–Trinajstić information content (AvgIpc) is 2.48. The van der Waals surface area contributed by atoms with E-state index in [4.69, 9.17) is 4.74 Å². The normalized spacial score (nSPS) is 17.3. The van der Waals surface area contributed by atoms with Crippen molar-refractivity contribution in [2.45, 2.75) is 45.4 Å². The molecule has 1 heterocycles. The number of piperidine rings is 1. The predicted octanol–water partition coefficient (Wildman–Crippen LogP) is 3.56. The van der Waals surface area contributed by atoms with Crippen LogP contribution in [0.2, 0.25) is 0 Å². The summed E-state index contributed by atoms with van der Waals surface area (Å²) in [6, 6.07) is 6.58. The third-order valence-corrected chi connectivity index (χ3v) is 4.75. The van der Waals surface area contributed by atoms with E-state index in [1.54, 1.807) is 0 Å². The standard InChI is InChI=1S/C17H27BrN2O/c1-3-8-19-12-14-4-5-15(17(18)11-14)13-21-16-6-9-20(2)10-7-16/h4-5,11,16,19H,3,6-10,12-13H2,1-2H3. The van der Waals surface area contributed by atoms with Crippen molar-refractivity contribution in [3.05, 3.63) is 33.8 Å². The molecule has 4 heteroatoms. The van der Waals surface area contributed by atoms with Gasteiger partial charge < -0.3 is 15.0 Å². The molecule has 1 aromatic carbocycles. The molecule has 0 amide bonds. The molecule has 3 nitrogen and oxygen atoms in total. The number of nitrogens with one attached hydrogen (secondary N) is 1. The summed E-state index contributed by atoms with van der Waals surface area (Å²) in [5.41, 5.74) is 2.56. The Hall–Kier alpha value is -0.420. The summed E-state index contributed by atoms with van der Waals surface area (Å²) in [7, 11) is 2.18. The monoisotopic (exact) mass is 354 g/mol. The van der Waals surface area contributed by atoms with Gasteiger partial charge >= 0.3 is 0 Å². The summed E-state index contributed by atoms with van der Waals surface area (Å²) < 4.78 is 7.22. The lowest BCUT2D eigenvalue weighted by Gasteiger charge is -2.29. The van der Waals surface area contributed by atoms with E-state index in [1.807, 2.05) is 0 Å². The SMILES string of the molecule is CCCNCc1ccc(COC2CCN(C)CC2)c(Br)c1. The number of likely N-dealkylation sites (tertiary alicyclic amines) is 1. The van der Waals surface area contributed by atoms with Crippen molar-refractivity contribution in [2.75, 3.05) is 26.7 Å². The van der Waals surface area contributed by atoms with E-state index in [0.29, 0.717) is 12.7 Å². The van der Waals surface area contributed by atoms with E-state index in [0.717, 1.165) is 43.5 Å². The maximum absolute atomic E-state index is 6.06. The van der Waals surface area contributed by atoms with Crippen molar-refractivity contribution in [1.82, 2.24) is 10.2 Å². The quantitative estimate of drug-likeness (QED) is 0.757. The number of rotatable bonds is 7. The summed E-state index contributed by atoms with van der Waals surface area (Å²) in [5.74, 6) is 0. The fraction of sp³-hybridized carbons (Fsp3) is 0.647. The van der Waals surface area contributed by atoms with Gasteiger partial charge in [0, 0.05) is 24.1 Å². The molecule has 0 bridgehead atoms. The second-order valence-corrected chi connectivity index (χ2v) is 6.77. The number of benzene rings is 1. The Bertz CT molecular complexity index is 431. The van der Waals surface area contributed by atoms with Crippen molar-refractivity contribution in [2.24, 2.45) is 0 Å². The summed E-state index contributed by atoms with van der Waals surface area (Å²) in [5, 5.41) is 3.43. The van der Waals surface area contributed by atoms with Crippen LogP contribution in [0.1, 0.15) is 37.3 Å². The van der Waals surface area contributed by atoms with Crippen molar-refractivity contribution in [3.63, 3.8) is 0 Å². The van der Waals surface area contributed by atoms with E-state index < -0.39 is 0 Å². The third-order valence-electron chi connectivity index (χ3n) is 4.01. The molecule has 0 aromatic heterocycles. The van der Waals surface area contributed by atoms with Crippen molar-refractivity contribution < 1.29 is 4.74 Å². The number of hydrogen-bond donors (Lipinski definition) is 1. The Labute approximate surface area is 137 Å². The van der Waals surface area contributed by atoms with Crippen LogP contribution in [0.4, 0.5) is 0 Å². The van der Waals surface area contributed by atoms with Crippen LogP contribution in [0.15, 0.2) is 22.7 Å². The van der Waals surface area contributed by atoms with E-state index in [2.05, 4.69) is 58.3 Å². The topological polar surface area (TPSA) is 24.5 Å². The number of nitrogens with zero attached hydrogens (tertiary/aromatic N) is 1. The molecule has 0 saturated carbocycles. The van der Waals surface area contributed by atoms with E-state index in [9.17, 15) is 0 Å². The molecule has 118 valence electrons. The van der Waals surface area contributed by atoms with E-state index in [1.165, 1.54) is 17.5 Å². The molecule has 2 rings (SSSR count). The molecular weight excluding hydrogens is 328 g/mol. The first-order valence-corrected chi connectivity index (χ1v) is 8.76. The molecule has 1 saturated heterocycles. The van der Waals surface area contributed by atoms with Crippen molar-refractivity contribution in [1.29, 1.82) is 0 Å². The minimum atomic E-state index is 0.416. The van der Waals surface area contributed by atoms with Crippen LogP contribution in [0.25, 0.3) is 0 Å². The lowest BCUT2D eigenvalue weighted by molar-refractivity contribution is 0.00191. The van der Waals surface area contributed by atoms with Crippen LogP contribution < -0.4 is 5.32 Å². The van der Waals surface area contributed by atoms with Gasteiger partial charge in [-0.2, -0.15) is 0 Å². The van der Waals surface area contributed by atoms with Crippen LogP contribution in [0, 0.1) is 0 Å². The summed E-state index contributed by atoms with van der Waals surface area (Å²) in [6.07, 6.45) is 3.88. The van der Waals surface area contributed by atoms with E-state index in [-0.39, 0.29) is 0 Å². The Morgan fingerprint density at radius 3 is 2.76 bits per heavy atom. The summed E-state index contributed by atoms with van der Waals surface area (Å²) in [4.78, 5) is 2.37. The van der Waals surface area contributed by atoms with Crippen LogP contribution in [-0.2, 0) is 17.9 Å². The van der Waals surface area contributed by atoms with Crippen LogP contribution in [0.3, 0.4) is 0 Å². The summed E-state index contributed by atoms with van der Waals surface area (Å²) in [6.45, 7) is 7.19. The minimum absolute atomic E-state index is 0.416. The van der Waals surface area contributed by atoms with Crippen LogP contribution in [-0.4, -0.2) is 37.7 Å². The second kappa shape index (κ2) is 8.89. The van der Waals surface area contributed by atoms with Gasteiger partial charge in [0.05, 0.1) is 12.7 Å². The summed E-state index contributed by atoms with van der Waals surface area (Å²) >= 11 is 3.67. The largest absolute Gasteiger partial charge is 0.373 e. The van der Waals surface area contributed by atoms with Gasteiger partial charge in [0.25, 0.3) is 0 Å². The molecule has 0 atom stereocenters. The van der Waals surface area contributed by atoms with Gasteiger partial charge in [-0.1, -0.05) is 35.0 Å². The third kappa shape index (κ3) is 5.70. The Morgan fingerprint density at radius 2 is 2.10 bits per heavy atom. The first-order chi connectivity index (χ1) is 10.2. The highest BCUT2D eigenvalue weighted by molar-refractivity contribution is 9.10.